The van der Waals surface area contributed by atoms with Gasteiger partial charge in [-0.1, -0.05) is 0 Å². The van der Waals surface area contributed by atoms with Crippen LogP contribution in [-0.2, 0) is 4.74 Å². The number of pyridine rings is 1. The maximum absolute atomic E-state index is 12.0. The van der Waals surface area contributed by atoms with Gasteiger partial charge in [-0.15, -0.1) is 5.10 Å². The Labute approximate surface area is 118 Å². The van der Waals surface area contributed by atoms with E-state index in [1.54, 1.807) is 12.3 Å². The van der Waals surface area contributed by atoms with E-state index in [0.29, 0.717) is 21.7 Å². The van der Waals surface area contributed by atoms with Crippen molar-refractivity contribution in [2.24, 2.45) is 0 Å². The topological polar surface area (TPSA) is 65.7 Å². The SMILES string of the molecule is COc1cc(C(=O)OC(C)(C)C)cn2nc(Br)nc12. The Kier molecular flexibility index (Phi) is 3.49. The minimum Gasteiger partial charge on any atom is -0.493 e. The fourth-order valence-electron chi connectivity index (χ4n) is 1.53. The van der Waals surface area contributed by atoms with Crippen molar-refractivity contribution in [2.75, 3.05) is 7.11 Å². The van der Waals surface area contributed by atoms with Crippen LogP contribution >= 0.6 is 15.9 Å². The molecule has 0 aliphatic carbocycles. The molecule has 102 valence electrons. The monoisotopic (exact) mass is 327 g/mol. The Hall–Kier alpha value is -1.63. The number of halogens is 1. The van der Waals surface area contributed by atoms with Crippen molar-refractivity contribution in [1.29, 1.82) is 0 Å². The van der Waals surface area contributed by atoms with Gasteiger partial charge in [-0.25, -0.2) is 9.31 Å². The molecule has 2 aromatic rings. The van der Waals surface area contributed by atoms with Gasteiger partial charge < -0.3 is 9.47 Å². The van der Waals surface area contributed by atoms with E-state index < -0.39 is 11.6 Å². The van der Waals surface area contributed by atoms with Crippen LogP contribution in [0.3, 0.4) is 0 Å². The Morgan fingerprint density at radius 2 is 2.11 bits per heavy atom. The molecule has 0 saturated heterocycles. The number of methoxy groups -OCH3 is 1. The first kappa shape index (κ1) is 13.8. The van der Waals surface area contributed by atoms with Crippen LogP contribution in [0.2, 0.25) is 0 Å². The molecule has 19 heavy (non-hydrogen) atoms. The van der Waals surface area contributed by atoms with Crippen molar-refractivity contribution in [3.8, 4) is 5.75 Å². The van der Waals surface area contributed by atoms with Gasteiger partial charge in [0.1, 0.15) is 5.60 Å². The van der Waals surface area contributed by atoms with Gasteiger partial charge in [0.25, 0.3) is 0 Å². The number of rotatable bonds is 2. The van der Waals surface area contributed by atoms with Crippen molar-refractivity contribution in [1.82, 2.24) is 14.6 Å². The minimum atomic E-state index is -0.553. The van der Waals surface area contributed by atoms with Gasteiger partial charge in [-0.2, -0.15) is 4.98 Å². The summed E-state index contributed by atoms with van der Waals surface area (Å²) in [5.74, 6) is 0.0286. The van der Waals surface area contributed by atoms with E-state index >= 15 is 0 Å². The molecule has 0 radical (unpaired) electrons. The molecule has 0 atom stereocenters. The summed E-state index contributed by atoms with van der Waals surface area (Å²) in [6, 6.07) is 1.59. The Morgan fingerprint density at radius 3 is 2.68 bits per heavy atom. The minimum absolute atomic E-state index is 0.358. The van der Waals surface area contributed by atoms with E-state index in [0.717, 1.165) is 0 Å². The summed E-state index contributed by atoms with van der Waals surface area (Å²) in [4.78, 5) is 16.2. The third-order valence-electron chi connectivity index (χ3n) is 2.23. The van der Waals surface area contributed by atoms with E-state index in [1.165, 1.54) is 11.6 Å². The quantitative estimate of drug-likeness (QED) is 0.792. The van der Waals surface area contributed by atoms with Crippen LogP contribution in [0.15, 0.2) is 17.0 Å². The number of hydrogen-bond acceptors (Lipinski definition) is 5. The largest absolute Gasteiger partial charge is 0.493 e. The van der Waals surface area contributed by atoms with Gasteiger partial charge >= 0.3 is 5.97 Å². The van der Waals surface area contributed by atoms with Crippen LogP contribution in [0.25, 0.3) is 5.65 Å². The molecule has 0 spiro atoms. The zero-order chi connectivity index (χ0) is 14.2. The van der Waals surface area contributed by atoms with Crippen LogP contribution in [0.4, 0.5) is 0 Å². The molecule has 2 rings (SSSR count). The average Bonchev–Trinajstić information content (AvgIpc) is 2.65. The molecular formula is C12H14BrN3O3. The highest BCUT2D eigenvalue weighted by Crippen LogP contribution is 2.22. The lowest BCUT2D eigenvalue weighted by molar-refractivity contribution is 0.00685. The summed E-state index contributed by atoms with van der Waals surface area (Å²) in [6.07, 6.45) is 1.56. The molecule has 0 saturated carbocycles. The third-order valence-corrected chi connectivity index (χ3v) is 2.56. The number of carbonyl (C=O) groups is 1. The summed E-state index contributed by atoms with van der Waals surface area (Å²) < 4.78 is 12.4. The van der Waals surface area contributed by atoms with Gasteiger partial charge in [0, 0.05) is 12.3 Å². The predicted octanol–water partition coefficient (Wildman–Crippen LogP) is 2.46. The molecule has 7 heteroatoms. The van der Waals surface area contributed by atoms with Gasteiger partial charge in [0.15, 0.2) is 11.4 Å². The zero-order valence-electron chi connectivity index (χ0n) is 11.1. The van der Waals surface area contributed by atoms with E-state index in [2.05, 4.69) is 26.0 Å². The van der Waals surface area contributed by atoms with E-state index in [9.17, 15) is 4.79 Å². The summed E-state index contributed by atoms with van der Waals surface area (Å²) in [5.41, 5.74) is 0.334. The highest BCUT2D eigenvalue weighted by atomic mass is 79.9. The third kappa shape index (κ3) is 3.04. The first-order valence-corrected chi connectivity index (χ1v) is 6.43. The number of esters is 1. The molecular weight excluding hydrogens is 314 g/mol. The molecule has 0 N–H and O–H groups in total. The Balaban J connectivity index is 2.47. The zero-order valence-corrected chi connectivity index (χ0v) is 12.7. The van der Waals surface area contributed by atoms with Crippen LogP contribution in [0, 0.1) is 0 Å². The summed E-state index contributed by atoms with van der Waals surface area (Å²) in [7, 11) is 1.51. The Bertz CT molecular complexity index is 631. The maximum atomic E-state index is 12.0. The first-order chi connectivity index (χ1) is 8.80. The highest BCUT2D eigenvalue weighted by molar-refractivity contribution is 9.10. The first-order valence-electron chi connectivity index (χ1n) is 5.63. The van der Waals surface area contributed by atoms with Crippen molar-refractivity contribution in [3.63, 3.8) is 0 Å². The standard InChI is InChI=1S/C12H14BrN3O3/c1-12(2,3)19-10(17)7-5-8(18-4)9-14-11(13)15-16(9)6-7/h5-6H,1-4H3. The van der Waals surface area contributed by atoms with Crippen molar-refractivity contribution in [3.05, 3.63) is 22.6 Å². The summed E-state index contributed by atoms with van der Waals surface area (Å²) >= 11 is 3.18. The molecule has 0 fully saturated rings. The number of hydrogen-bond donors (Lipinski definition) is 0. The van der Waals surface area contributed by atoms with Crippen molar-refractivity contribution >= 4 is 27.5 Å². The lowest BCUT2D eigenvalue weighted by Crippen LogP contribution is -2.24. The number of fused-ring (bicyclic) bond motifs is 1. The van der Waals surface area contributed by atoms with Crippen LogP contribution in [-0.4, -0.2) is 33.3 Å². The fraction of sp³-hybridized carbons (Fsp3) is 0.417. The average molecular weight is 328 g/mol. The van der Waals surface area contributed by atoms with Gasteiger partial charge in [0.05, 0.1) is 12.7 Å². The highest BCUT2D eigenvalue weighted by Gasteiger charge is 2.20. The normalized spacial score (nSPS) is 11.6. The number of ether oxygens (including phenoxy) is 2. The number of nitrogens with zero attached hydrogens (tertiary/aromatic N) is 3. The molecule has 6 nitrogen and oxygen atoms in total. The summed E-state index contributed by atoms with van der Waals surface area (Å²) in [6.45, 7) is 5.44. The second-order valence-corrected chi connectivity index (χ2v) is 5.66. The summed E-state index contributed by atoms with van der Waals surface area (Å²) in [5, 5.41) is 4.10. The lowest BCUT2D eigenvalue weighted by Gasteiger charge is -2.19. The van der Waals surface area contributed by atoms with Crippen molar-refractivity contribution in [2.45, 2.75) is 26.4 Å². The molecule has 0 bridgehead atoms. The molecule has 0 aliphatic heterocycles. The van der Waals surface area contributed by atoms with Crippen LogP contribution in [0.5, 0.6) is 5.75 Å². The Morgan fingerprint density at radius 1 is 1.42 bits per heavy atom. The fourth-order valence-corrected chi connectivity index (χ4v) is 1.87. The van der Waals surface area contributed by atoms with Crippen molar-refractivity contribution < 1.29 is 14.3 Å². The van der Waals surface area contributed by atoms with Crippen LogP contribution in [0.1, 0.15) is 31.1 Å². The molecule has 0 aliphatic rings. The molecule has 2 aromatic heterocycles. The van der Waals surface area contributed by atoms with Gasteiger partial charge in [0.2, 0.25) is 4.73 Å². The smallest absolute Gasteiger partial charge is 0.340 e. The van der Waals surface area contributed by atoms with Crippen LogP contribution < -0.4 is 4.74 Å². The molecule has 2 heterocycles. The molecule has 0 aromatic carbocycles. The van der Waals surface area contributed by atoms with Gasteiger partial charge in [-0.05, 0) is 36.7 Å². The maximum Gasteiger partial charge on any atom is 0.340 e. The second-order valence-electron chi connectivity index (χ2n) is 4.95. The molecule has 0 amide bonds. The lowest BCUT2D eigenvalue weighted by atomic mass is 10.2. The number of carbonyl (C=O) groups excluding carboxylic acids is 1. The predicted molar refractivity (Wildman–Crippen MR) is 72.4 cm³/mol. The number of aromatic nitrogens is 3. The van der Waals surface area contributed by atoms with Gasteiger partial charge in [-0.3, -0.25) is 0 Å². The molecule has 0 unspecified atom stereocenters. The van der Waals surface area contributed by atoms with E-state index in [-0.39, 0.29) is 0 Å². The van der Waals surface area contributed by atoms with E-state index in [1.807, 2.05) is 20.8 Å². The second kappa shape index (κ2) is 4.80. The van der Waals surface area contributed by atoms with E-state index in [4.69, 9.17) is 9.47 Å².